The summed E-state index contributed by atoms with van der Waals surface area (Å²) in [7, 11) is -2.56. The summed E-state index contributed by atoms with van der Waals surface area (Å²) in [4.78, 5) is 16.6. The molecule has 1 aliphatic heterocycles. The fraction of sp³-hybridized carbons (Fsp3) is 0.286. The van der Waals surface area contributed by atoms with E-state index in [4.69, 9.17) is 14.3 Å². The van der Waals surface area contributed by atoms with Gasteiger partial charge in [0.2, 0.25) is 11.8 Å². The number of fused-ring (bicyclic) bond motifs is 1. The molecule has 2 amide bonds. The molecule has 0 fully saturated rings. The molecule has 2 unspecified atom stereocenters. The number of urea groups is 1. The van der Waals surface area contributed by atoms with E-state index in [2.05, 4.69) is 15.4 Å². The van der Waals surface area contributed by atoms with Gasteiger partial charge in [-0.25, -0.2) is 28.2 Å². The van der Waals surface area contributed by atoms with Crippen molar-refractivity contribution in [3.8, 4) is 22.9 Å². The first-order chi connectivity index (χ1) is 16.4. The molecule has 0 spiro atoms. The second kappa shape index (κ2) is 8.76. The van der Waals surface area contributed by atoms with Crippen molar-refractivity contribution in [1.82, 2.24) is 19.5 Å². The summed E-state index contributed by atoms with van der Waals surface area (Å²) in [5, 5.41) is 6.35. The molecule has 2 atom stereocenters. The Balaban J connectivity index is 1.70. The fourth-order valence-corrected chi connectivity index (χ4v) is 4.73. The van der Waals surface area contributed by atoms with Crippen LogP contribution in [0.1, 0.15) is 18.1 Å². The minimum atomic E-state index is -4.68. The van der Waals surface area contributed by atoms with Crippen molar-refractivity contribution in [3.05, 3.63) is 47.8 Å². The molecule has 2 aromatic heterocycles. The predicted octanol–water partition coefficient (Wildman–Crippen LogP) is 4.20. The molecule has 4 rings (SSSR count). The van der Waals surface area contributed by atoms with Crippen LogP contribution in [0.15, 0.2) is 41.6 Å². The van der Waals surface area contributed by atoms with Crippen molar-refractivity contribution in [3.63, 3.8) is 0 Å². The number of hydrogen-bond acceptors (Lipinski definition) is 7. The third-order valence-electron chi connectivity index (χ3n) is 5.31. The van der Waals surface area contributed by atoms with Crippen LogP contribution in [0.5, 0.6) is 11.8 Å². The van der Waals surface area contributed by atoms with E-state index >= 15 is 0 Å². The van der Waals surface area contributed by atoms with Gasteiger partial charge in [-0.2, -0.15) is 18.3 Å². The number of nitrogens with zero attached hydrogens (tertiary/aromatic N) is 3. The third-order valence-corrected chi connectivity index (χ3v) is 6.68. The number of carbonyl (C=O) groups is 1. The number of carbonyl (C=O) groups excluding carboxylic acids is 1. The molecule has 35 heavy (non-hydrogen) atoms. The second-order valence-electron chi connectivity index (χ2n) is 7.78. The van der Waals surface area contributed by atoms with Crippen LogP contribution in [-0.2, 0) is 22.6 Å². The number of pyridine rings is 1. The van der Waals surface area contributed by atoms with Crippen molar-refractivity contribution >= 4 is 21.6 Å². The van der Waals surface area contributed by atoms with Crippen molar-refractivity contribution in [1.29, 1.82) is 4.78 Å². The van der Waals surface area contributed by atoms with E-state index in [0.29, 0.717) is 12.1 Å². The summed E-state index contributed by atoms with van der Waals surface area (Å²) >= 11 is 0. The Bertz CT molecular complexity index is 1400. The molecule has 1 aromatic carbocycles. The highest BCUT2D eigenvalue weighted by Crippen LogP contribution is 2.40. The maximum atomic E-state index is 13.6. The number of rotatable bonds is 5. The first-order valence-corrected chi connectivity index (χ1v) is 11.8. The number of ether oxygens (including phenoxy) is 2. The van der Waals surface area contributed by atoms with E-state index in [1.165, 1.54) is 43.1 Å². The summed E-state index contributed by atoms with van der Waals surface area (Å²) in [6, 6.07) is 4.00. The van der Waals surface area contributed by atoms with E-state index in [1.807, 2.05) is 4.72 Å². The topological polar surface area (TPSA) is 131 Å². The van der Waals surface area contributed by atoms with Gasteiger partial charge in [0.25, 0.3) is 0 Å². The molecule has 0 saturated carbocycles. The molecule has 1 aliphatic rings. The number of halogens is 3. The van der Waals surface area contributed by atoms with Crippen LogP contribution in [0.2, 0.25) is 0 Å². The van der Waals surface area contributed by atoms with E-state index in [9.17, 15) is 22.2 Å². The molecular formula is C21H21F3N6O4S. The number of methoxy groups -OCH3 is 1. The largest absolute Gasteiger partial charge is 0.481 e. The lowest BCUT2D eigenvalue weighted by atomic mass is 9.97. The third kappa shape index (κ3) is 4.73. The Morgan fingerprint density at radius 2 is 2.09 bits per heavy atom. The SMILES string of the molecule is COc1cc(-c2ccc(C(F)(F)F)c(C)c2NC(=O)NS(=N)(=O)c2cnn3c2OC(C)C3)ccn1. The van der Waals surface area contributed by atoms with E-state index < -0.39 is 27.7 Å². The van der Waals surface area contributed by atoms with Crippen LogP contribution >= 0.6 is 0 Å². The van der Waals surface area contributed by atoms with Crippen molar-refractivity contribution in [2.45, 2.75) is 37.6 Å². The minimum Gasteiger partial charge on any atom is -0.481 e. The zero-order valence-electron chi connectivity index (χ0n) is 18.8. The summed E-state index contributed by atoms with van der Waals surface area (Å²) in [5.74, 6) is 0.312. The van der Waals surface area contributed by atoms with Gasteiger partial charge in [0.05, 0.1) is 31.1 Å². The molecule has 0 radical (unpaired) electrons. The normalized spacial score (nSPS) is 16.7. The highest BCUT2D eigenvalue weighted by atomic mass is 32.2. The molecule has 0 bridgehead atoms. The van der Waals surface area contributed by atoms with Crippen molar-refractivity contribution in [2.24, 2.45) is 0 Å². The van der Waals surface area contributed by atoms with Gasteiger partial charge in [-0.3, -0.25) is 0 Å². The Kier molecular flexibility index (Phi) is 6.09. The zero-order chi connectivity index (χ0) is 25.5. The molecule has 10 nitrogen and oxygen atoms in total. The number of hydrogen-bond donors (Lipinski definition) is 3. The number of amides is 2. The van der Waals surface area contributed by atoms with Crippen LogP contribution in [0.4, 0.5) is 23.7 Å². The molecule has 0 aliphatic carbocycles. The maximum absolute atomic E-state index is 13.6. The predicted molar refractivity (Wildman–Crippen MR) is 120 cm³/mol. The van der Waals surface area contributed by atoms with Crippen molar-refractivity contribution in [2.75, 3.05) is 12.4 Å². The van der Waals surface area contributed by atoms with Gasteiger partial charge in [0.1, 0.15) is 11.0 Å². The van der Waals surface area contributed by atoms with E-state index in [-0.39, 0.29) is 39.6 Å². The fourth-order valence-electron chi connectivity index (χ4n) is 3.71. The van der Waals surface area contributed by atoms with Gasteiger partial charge in [0.15, 0.2) is 9.92 Å². The van der Waals surface area contributed by atoms with Crippen molar-refractivity contribution < 1.29 is 31.6 Å². The highest BCUT2D eigenvalue weighted by Gasteiger charge is 2.35. The Labute approximate surface area is 198 Å². The van der Waals surface area contributed by atoms with Gasteiger partial charge in [-0.05, 0) is 37.1 Å². The molecule has 3 heterocycles. The monoisotopic (exact) mass is 510 g/mol. The zero-order valence-corrected chi connectivity index (χ0v) is 19.6. The maximum Gasteiger partial charge on any atom is 0.416 e. The Hall–Kier alpha value is -3.81. The lowest BCUT2D eigenvalue weighted by Gasteiger charge is -2.19. The summed E-state index contributed by atoms with van der Waals surface area (Å²) in [6.45, 7) is 3.36. The lowest BCUT2D eigenvalue weighted by Crippen LogP contribution is -2.34. The van der Waals surface area contributed by atoms with Crippen LogP contribution < -0.4 is 19.5 Å². The van der Waals surface area contributed by atoms with Crippen LogP contribution in [0, 0.1) is 11.7 Å². The Morgan fingerprint density at radius 3 is 2.77 bits per heavy atom. The molecule has 186 valence electrons. The van der Waals surface area contributed by atoms with Crippen LogP contribution in [-0.4, -0.2) is 38.2 Å². The average molecular weight is 510 g/mol. The molecule has 3 N–H and O–H groups in total. The quantitative estimate of drug-likeness (QED) is 0.471. The Morgan fingerprint density at radius 1 is 1.34 bits per heavy atom. The van der Waals surface area contributed by atoms with Crippen LogP contribution in [0.25, 0.3) is 11.1 Å². The van der Waals surface area contributed by atoms with Gasteiger partial charge < -0.3 is 14.8 Å². The number of benzene rings is 1. The molecular weight excluding hydrogens is 489 g/mol. The van der Waals surface area contributed by atoms with E-state index in [0.717, 1.165) is 12.3 Å². The van der Waals surface area contributed by atoms with Crippen LogP contribution in [0.3, 0.4) is 0 Å². The highest BCUT2D eigenvalue weighted by molar-refractivity contribution is 7.91. The van der Waals surface area contributed by atoms with Gasteiger partial charge in [0, 0.05) is 17.8 Å². The first kappa shape index (κ1) is 24.3. The first-order valence-electron chi connectivity index (χ1n) is 10.2. The summed E-state index contributed by atoms with van der Waals surface area (Å²) < 4.78 is 76.0. The average Bonchev–Trinajstić information content (AvgIpc) is 3.33. The lowest BCUT2D eigenvalue weighted by molar-refractivity contribution is -0.138. The van der Waals surface area contributed by atoms with Gasteiger partial charge in [-0.1, -0.05) is 6.07 Å². The van der Waals surface area contributed by atoms with Gasteiger partial charge >= 0.3 is 12.2 Å². The van der Waals surface area contributed by atoms with E-state index in [1.54, 1.807) is 6.92 Å². The number of nitrogens with one attached hydrogen (secondary N) is 3. The minimum absolute atomic E-state index is 0.0950. The number of alkyl halides is 3. The summed E-state index contributed by atoms with van der Waals surface area (Å²) in [5.41, 5.74) is -0.730. The smallest absolute Gasteiger partial charge is 0.416 e. The number of anilines is 1. The van der Waals surface area contributed by atoms with Gasteiger partial charge in [-0.15, -0.1) is 0 Å². The number of aromatic nitrogens is 3. The molecule has 3 aromatic rings. The molecule has 0 saturated heterocycles. The molecule has 14 heteroatoms. The second-order valence-corrected chi connectivity index (χ2v) is 9.54. The standard InChI is InChI=1S/C21H21F3N6O4S/c1-11-10-30-19(34-11)16(9-27-30)35(25,32)29-20(31)28-18-12(2)15(21(22,23)24)5-4-14(18)13-6-7-26-17(8-13)33-3/h4-9,11H,10H2,1-3H3,(H3,25,28,29,31,32). The summed E-state index contributed by atoms with van der Waals surface area (Å²) in [6.07, 6.45) is -2.37.